The van der Waals surface area contributed by atoms with Gasteiger partial charge in [-0.3, -0.25) is 9.69 Å². The van der Waals surface area contributed by atoms with Gasteiger partial charge in [-0.2, -0.15) is 0 Å². The number of halogens is 2. The molecule has 1 aromatic carbocycles. The van der Waals surface area contributed by atoms with Crippen molar-refractivity contribution >= 4 is 11.6 Å². The lowest BCUT2D eigenvalue weighted by molar-refractivity contribution is 0.241. The molecule has 1 aliphatic rings. The third-order valence-electron chi connectivity index (χ3n) is 4.07. The summed E-state index contributed by atoms with van der Waals surface area (Å²) in [5, 5.41) is 0.128. The molecule has 0 unspecified atom stereocenters. The average Bonchev–Trinajstić information content (AvgIpc) is 2.52. The Bertz CT molecular complexity index is 775. The van der Waals surface area contributed by atoms with Crippen LogP contribution in [0.4, 0.5) is 4.39 Å². The third kappa shape index (κ3) is 3.62. The first-order valence-corrected chi connectivity index (χ1v) is 8.22. The zero-order valence-corrected chi connectivity index (χ0v) is 13.8. The number of rotatable bonds is 4. The van der Waals surface area contributed by atoms with E-state index < -0.39 is 5.82 Å². The highest BCUT2D eigenvalue weighted by atomic mass is 35.5. The standard InChI is InChI=1S/C17H19ClFN3O/c1-2-3-16-20-15-6-7-22(10-12(15)17(23)21-16)9-11-4-5-14(19)13(18)8-11/h4-5,8H,2-3,6-7,9-10H2,1H3,(H,20,21,23). The number of hydrogen-bond donors (Lipinski definition) is 1. The molecule has 0 atom stereocenters. The highest BCUT2D eigenvalue weighted by Gasteiger charge is 2.21. The number of H-pyrrole nitrogens is 1. The fourth-order valence-electron chi connectivity index (χ4n) is 2.92. The molecular formula is C17H19ClFN3O. The number of aromatic nitrogens is 2. The SMILES string of the molecule is CCCc1nc2c(c(=O)[nH]1)CN(Cc1ccc(F)c(Cl)c1)CC2. The van der Waals surface area contributed by atoms with E-state index in [1.54, 1.807) is 12.1 Å². The number of aryl methyl sites for hydroxylation is 1. The molecule has 0 amide bonds. The first kappa shape index (κ1) is 16.1. The van der Waals surface area contributed by atoms with Gasteiger partial charge >= 0.3 is 0 Å². The van der Waals surface area contributed by atoms with Gasteiger partial charge in [0.25, 0.3) is 5.56 Å². The molecule has 6 heteroatoms. The fourth-order valence-corrected chi connectivity index (χ4v) is 3.12. The lowest BCUT2D eigenvalue weighted by atomic mass is 10.1. The van der Waals surface area contributed by atoms with Gasteiger partial charge in [0, 0.05) is 32.5 Å². The quantitative estimate of drug-likeness (QED) is 0.934. The number of hydrogen-bond acceptors (Lipinski definition) is 3. The minimum atomic E-state index is -0.413. The van der Waals surface area contributed by atoms with E-state index in [-0.39, 0.29) is 10.6 Å². The Labute approximate surface area is 139 Å². The number of benzene rings is 1. The molecule has 0 aliphatic carbocycles. The van der Waals surface area contributed by atoms with Crippen molar-refractivity contribution in [3.05, 3.63) is 62.0 Å². The predicted molar refractivity (Wildman–Crippen MR) is 88.1 cm³/mol. The molecule has 0 bridgehead atoms. The van der Waals surface area contributed by atoms with Crippen molar-refractivity contribution in [1.29, 1.82) is 0 Å². The van der Waals surface area contributed by atoms with Crippen molar-refractivity contribution in [2.75, 3.05) is 6.54 Å². The van der Waals surface area contributed by atoms with Crippen molar-refractivity contribution in [3.63, 3.8) is 0 Å². The second-order valence-corrected chi connectivity index (χ2v) is 6.30. The van der Waals surface area contributed by atoms with Gasteiger partial charge in [-0.05, 0) is 24.1 Å². The summed E-state index contributed by atoms with van der Waals surface area (Å²) in [5.41, 5.74) is 2.54. The van der Waals surface area contributed by atoms with Crippen LogP contribution in [-0.2, 0) is 25.9 Å². The molecule has 0 spiro atoms. The molecular weight excluding hydrogens is 317 g/mol. The topological polar surface area (TPSA) is 49.0 Å². The summed E-state index contributed by atoms with van der Waals surface area (Å²) in [6, 6.07) is 4.74. The van der Waals surface area contributed by atoms with E-state index in [9.17, 15) is 9.18 Å². The van der Waals surface area contributed by atoms with E-state index in [1.165, 1.54) is 6.07 Å². The molecule has 1 aromatic heterocycles. The zero-order chi connectivity index (χ0) is 16.4. The first-order valence-electron chi connectivity index (χ1n) is 7.84. The predicted octanol–water partition coefficient (Wildman–Crippen LogP) is 3.07. The van der Waals surface area contributed by atoms with Gasteiger partial charge < -0.3 is 4.98 Å². The molecule has 1 N–H and O–H groups in total. The van der Waals surface area contributed by atoms with Crippen LogP contribution in [0.3, 0.4) is 0 Å². The highest BCUT2D eigenvalue weighted by Crippen LogP contribution is 2.20. The van der Waals surface area contributed by atoms with Gasteiger partial charge in [0.05, 0.1) is 16.3 Å². The molecule has 0 radical (unpaired) electrons. The second-order valence-electron chi connectivity index (χ2n) is 5.90. The Morgan fingerprint density at radius 2 is 2.26 bits per heavy atom. The lowest BCUT2D eigenvalue weighted by Gasteiger charge is -2.27. The van der Waals surface area contributed by atoms with Crippen molar-refractivity contribution in [1.82, 2.24) is 14.9 Å². The van der Waals surface area contributed by atoms with Crippen LogP contribution in [0.25, 0.3) is 0 Å². The van der Waals surface area contributed by atoms with Crippen molar-refractivity contribution in [3.8, 4) is 0 Å². The molecule has 0 saturated heterocycles. The van der Waals surface area contributed by atoms with Crippen LogP contribution in [0, 0.1) is 5.82 Å². The molecule has 1 aliphatic heterocycles. The zero-order valence-electron chi connectivity index (χ0n) is 13.0. The van der Waals surface area contributed by atoms with Gasteiger partial charge in [0.1, 0.15) is 11.6 Å². The van der Waals surface area contributed by atoms with Gasteiger partial charge in [-0.15, -0.1) is 0 Å². The lowest BCUT2D eigenvalue weighted by Crippen LogP contribution is -2.35. The van der Waals surface area contributed by atoms with E-state index in [4.69, 9.17) is 11.6 Å². The molecule has 3 rings (SSSR count). The highest BCUT2D eigenvalue weighted by molar-refractivity contribution is 6.30. The number of nitrogens with one attached hydrogen (secondary N) is 1. The normalized spacial score (nSPS) is 14.7. The van der Waals surface area contributed by atoms with Crippen LogP contribution in [-0.4, -0.2) is 21.4 Å². The van der Waals surface area contributed by atoms with Gasteiger partial charge in [-0.25, -0.2) is 9.37 Å². The maximum Gasteiger partial charge on any atom is 0.255 e. The van der Waals surface area contributed by atoms with Crippen LogP contribution in [0.1, 0.15) is 36.0 Å². The summed E-state index contributed by atoms with van der Waals surface area (Å²) < 4.78 is 13.2. The van der Waals surface area contributed by atoms with Gasteiger partial charge in [0.15, 0.2) is 0 Å². The number of nitrogens with zero attached hydrogens (tertiary/aromatic N) is 2. The van der Waals surface area contributed by atoms with Crippen LogP contribution in [0.5, 0.6) is 0 Å². The summed E-state index contributed by atoms with van der Waals surface area (Å²) in [4.78, 5) is 21.9. The molecule has 122 valence electrons. The van der Waals surface area contributed by atoms with Crippen molar-refractivity contribution < 1.29 is 4.39 Å². The summed E-state index contributed by atoms with van der Waals surface area (Å²) >= 11 is 5.83. The van der Waals surface area contributed by atoms with Gasteiger partial charge in [-0.1, -0.05) is 24.6 Å². The molecule has 2 heterocycles. The van der Waals surface area contributed by atoms with E-state index in [1.807, 2.05) is 0 Å². The largest absolute Gasteiger partial charge is 0.310 e. The van der Waals surface area contributed by atoms with Crippen LogP contribution >= 0.6 is 11.6 Å². The summed E-state index contributed by atoms with van der Waals surface area (Å²) in [7, 11) is 0. The van der Waals surface area contributed by atoms with E-state index in [2.05, 4.69) is 21.8 Å². The van der Waals surface area contributed by atoms with Crippen molar-refractivity contribution in [2.24, 2.45) is 0 Å². The Hall–Kier alpha value is -1.72. The Balaban J connectivity index is 1.77. The summed E-state index contributed by atoms with van der Waals surface area (Å²) in [6.07, 6.45) is 2.50. The van der Waals surface area contributed by atoms with E-state index >= 15 is 0 Å². The Kier molecular flexibility index (Phi) is 4.78. The summed E-state index contributed by atoms with van der Waals surface area (Å²) in [6.45, 7) is 4.08. The Morgan fingerprint density at radius 3 is 3.00 bits per heavy atom. The second kappa shape index (κ2) is 6.81. The number of fused-ring (bicyclic) bond motifs is 1. The van der Waals surface area contributed by atoms with Crippen molar-refractivity contribution in [2.45, 2.75) is 39.3 Å². The van der Waals surface area contributed by atoms with Crippen LogP contribution in [0.2, 0.25) is 5.02 Å². The maximum absolute atomic E-state index is 13.2. The molecule has 2 aromatic rings. The molecule has 0 saturated carbocycles. The summed E-state index contributed by atoms with van der Waals surface area (Å²) in [5.74, 6) is 0.360. The monoisotopic (exact) mass is 335 g/mol. The first-order chi connectivity index (χ1) is 11.1. The fraction of sp³-hybridized carbons (Fsp3) is 0.412. The maximum atomic E-state index is 13.2. The average molecular weight is 336 g/mol. The molecule has 23 heavy (non-hydrogen) atoms. The van der Waals surface area contributed by atoms with Crippen LogP contribution < -0.4 is 5.56 Å². The van der Waals surface area contributed by atoms with E-state index in [0.29, 0.717) is 13.1 Å². The van der Waals surface area contributed by atoms with Gasteiger partial charge in [0.2, 0.25) is 0 Å². The number of aromatic amines is 1. The Morgan fingerprint density at radius 1 is 1.43 bits per heavy atom. The van der Waals surface area contributed by atoms with Crippen LogP contribution in [0.15, 0.2) is 23.0 Å². The smallest absolute Gasteiger partial charge is 0.255 e. The van der Waals surface area contributed by atoms with E-state index in [0.717, 1.165) is 48.5 Å². The minimum Gasteiger partial charge on any atom is -0.310 e. The molecule has 0 fully saturated rings. The third-order valence-corrected chi connectivity index (χ3v) is 4.36. The minimum absolute atomic E-state index is 0.0414. The molecule has 4 nitrogen and oxygen atoms in total.